The number of nitrogens with zero attached hydrogens (tertiary/aromatic N) is 5. The molecule has 5 rings (SSSR count). The zero-order chi connectivity index (χ0) is 32.5. The van der Waals surface area contributed by atoms with E-state index in [2.05, 4.69) is 25.5 Å². The molecule has 4 amide bonds. The van der Waals surface area contributed by atoms with Gasteiger partial charge in [-0.15, -0.1) is 0 Å². The molecule has 45 heavy (non-hydrogen) atoms. The number of hydrogen-bond donors (Lipinski definition) is 2. The van der Waals surface area contributed by atoms with Crippen LogP contribution in [0.3, 0.4) is 0 Å². The number of amides is 4. The van der Waals surface area contributed by atoms with E-state index in [1.165, 1.54) is 30.6 Å². The van der Waals surface area contributed by atoms with Crippen LogP contribution >= 0.6 is 0 Å². The molecular weight excluding hydrogens is 578 g/mol. The van der Waals surface area contributed by atoms with Gasteiger partial charge in [0, 0.05) is 31.9 Å². The van der Waals surface area contributed by atoms with Crippen molar-refractivity contribution >= 4 is 29.6 Å². The minimum Gasteiger partial charge on any atom is -0.467 e. The maximum Gasteiger partial charge on any atom is 0.328 e. The molecule has 4 aliphatic rings. The number of aromatic nitrogens is 2. The zero-order valence-corrected chi connectivity index (χ0v) is 27.1. The first-order chi connectivity index (χ1) is 21.4. The van der Waals surface area contributed by atoms with Crippen LogP contribution in [0, 0.1) is 11.3 Å². The number of carbonyl (C=O) groups excluding carboxylic acids is 5. The summed E-state index contributed by atoms with van der Waals surface area (Å²) in [5.74, 6) is -2.02. The summed E-state index contributed by atoms with van der Waals surface area (Å²) in [4.78, 5) is 82.0. The second kappa shape index (κ2) is 13.0. The van der Waals surface area contributed by atoms with E-state index < -0.39 is 52.9 Å². The molecule has 5 atom stereocenters. The number of esters is 1. The van der Waals surface area contributed by atoms with Crippen LogP contribution in [0.25, 0.3) is 0 Å². The van der Waals surface area contributed by atoms with Crippen LogP contribution in [0.5, 0.6) is 0 Å². The number of rotatable bonds is 8. The number of likely N-dealkylation sites (tertiary alicyclic amines) is 1. The standard InChI is InChI=1S/C32H47N7O6/c1-6-38-28(42)22-13-10-16-39(22)32(38)17-23(30(44)45-5)37(19-32)29(43)25(31(2,3)4)36-27(41)24(20-11-8-7-9-12-20)35-26(40)21-18-33-14-15-34-21/h14-15,18,20,22-25H,6-13,16-17,19H2,1-5H3,(H,35,40)(H,36,41)/t22?,23-,24-,25?,32?/m0/s1. The average Bonchev–Trinajstić information content (AvgIpc) is 3.73. The maximum absolute atomic E-state index is 14.6. The van der Waals surface area contributed by atoms with Gasteiger partial charge in [-0.1, -0.05) is 40.0 Å². The van der Waals surface area contributed by atoms with E-state index in [1.54, 1.807) is 0 Å². The number of likely N-dealkylation sites (N-methyl/N-ethyl adjacent to an activating group) is 1. The van der Waals surface area contributed by atoms with E-state index in [0.29, 0.717) is 13.1 Å². The van der Waals surface area contributed by atoms with E-state index in [1.807, 2.05) is 32.6 Å². The van der Waals surface area contributed by atoms with E-state index in [0.717, 1.165) is 44.9 Å². The number of ether oxygens (including phenoxy) is 1. The molecule has 13 nitrogen and oxygen atoms in total. The second-order valence-corrected chi connectivity index (χ2v) is 13.9. The summed E-state index contributed by atoms with van der Waals surface area (Å²) >= 11 is 0. The number of methoxy groups -OCH3 is 1. The summed E-state index contributed by atoms with van der Waals surface area (Å²) in [6.45, 7) is 8.79. The van der Waals surface area contributed by atoms with Crippen LogP contribution in [0.15, 0.2) is 18.6 Å². The summed E-state index contributed by atoms with van der Waals surface area (Å²) in [6.07, 6.45) is 10.6. The Morgan fingerprint density at radius 3 is 2.42 bits per heavy atom. The van der Waals surface area contributed by atoms with E-state index in [-0.39, 0.29) is 36.5 Å². The van der Waals surface area contributed by atoms with Gasteiger partial charge in [0.1, 0.15) is 29.5 Å². The Balaban J connectivity index is 1.43. The summed E-state index contributed by atoms with van der Waals surface area (Å²) in [7, 11) is 1.30. The van der Waals surface area contributed by atoms with E-state index in [4.69, 9.17) is 4.74 Å². The molecule has 4 fully saturated rings. The molecule has 13 heteroatoms. The smallest absolute Gasteiger partial charge is 0.328 e. The third kappa shape index (κ3) is 6.15. The van der Waals surface area contributed by atoms with Crippen molar-refractivity contribution in [3.05, 3.63) is 24.3 Å². The van der Waals surface area contributed by atoms with Crippen LogP contribution in [0.1, 0.15) is 89.5 Å². The van der Waals surface area contributed by atoms with Gasteiger partial charge in [-0.3, -0.25) is 29.1 Å². The van der Waals surface area contributed by atoms with E-state index >= 15 is 0 Å². The molecule has 4 heterocycles. The molecule has 0 bridgehead atoms. The molecule has 1 aromatic rings. The Morgan fingerprint density at radius 2 is 1.80 bits per heavy atom. The molecular formula is C32H47N7O6. The lowest BCUT2D eigenvalue weighted by atomic mass is 9.82. The third-order valence-electron chi connectivity index (χ3n) is 10.1. The van der Waals surface area contributed by atoms with Crippen LogP contribution < -0.4 is 10.6 Å². The Morgan fingerprint density at radius 1 is 1.07 bits per heavy atom. The van der Waals surface area contributed by atoms with Crippen LogP contribution in [0.2, 0.25) is 0 Å². The second-order valence-electron chi connectivity index (χ2n) is 13.9. The molecule has 1 saturated carbocycles. The Labute approximate surface area is 264 Å². The molecule has 246 valence electrons. The lowest BCUT2D eigenvalue weighted by molar-refractivity contribution is -0.153. The van der Waals surface area contributed by atoms with Gasteiger partial charge < -0.3 is 25.2 Å². The SMILES string of the molecule is CCN1C(=O)C2CCCN2C12C[C@@H](C(=O)OC)N(C(=O)C(NC(=O)[C@@H](NC(=O)c1cnccn1)C1CCCCC1)C(C)(C)C)C2. The summed E-state index contributed by atoms with van der Waals surface area (Å²) in [6, 6.07) is -3.08. The van der Waals surface area contributed by atoms with E-state index in [9.17, 15) is 24.0 Å². The van der Waals surface area contributed by atoms with Crippen molar-refractivity contribution in [1.29, 1.82) is 0 Å². The lowest BCUT2D eigenvalue weighted by Gasteiger charge is -2.40. The summed E-state index contributed by atoms with van der Waals surface area (Å²) < 4.78 is 5.17. The van der Waals surface area contributed by atoms with Crippen LogP contribution in [-0.4, -0.2) is 111 Å². The van der Waals surface area contributed by atoms with Crippen molar-refractivity contribution < 1.29 is 28.7 Å². The molecule has 3 unspecified atom stereocenters. The van der Waals surface area contributed by atoms with Crippen molar-refractivity contribution in [2.45, 2.75) is 109 Å². The molecule has 1 aliphatic carbocycles. The first-order valence-electron chi connectivity index (χ1n) is 16.3. The number of hydrogen-bond acceptors (Lipinski definition) is 9. The molecule has 1 aromatic heterocycles. The highest BCUT2D eigenvalue weighted by Crippen LogP contribution is 2.46. The largest absolute Gasteiger partial charge is 0.467 e. The quantitative estimate of drug-likeness (QED) is 0.409. The van der Waals surface area contributed by atoms with Crippen molar-refractivity contribution in [1.82, 2.24) is 35.3 Å². The average molecular weight is 626 g/mol. The Kier molecular flexibility index (Phi) is 9.48. The molecule has 1 spiro atoms. The fourth-order valence-electron chi connectivity index (χ4n) is 7.90. The number of nitrogens with one attached hydrogen (secondary N) is 2. The Hall–Kier alpha value is -3.61. The van der Waals surface area contributed by atoms with Gasteiger partial charge in [-0.2, -0.15) is 0 Å². The first kappa shape index (κ1) is 32.8. The predicted molar refractivity (Wildman–Crippen MR) is 163 cm³/mol. The lowest BCUT2D eigenvalue weighted by Crippen LogP contribution is -2.62. The van der Waals surface area contributed by atoms with Crippen molar-refractivity contribution in [3.63, 3.8) is 0 Å². The van der Waals surface area contributed by atoms with Gasteiger partial charge in [-0.25, -0.2) is 9.78 Å². The summed E-state index contributed by atoms with van der Waals surface area (Å²) in [5.41, 5.74) is -1.46. The highest BCUT2D eigenvalue weighted by Gasteiger charge is 2.64. The highest BCUT2D eigenvalue weighted by atomic mass is 16.5. The van der Waals surface area contributed by atoms with Crippen molar-refractivity contribution in [3.8, 4) is 0 Å². The normalized spacial score (nSPS) is 26.9. The van der Waals surface area contributed by atoms with Crippen molar-refractivity contribution in [2.75, 3.05) is 26.7 Å². The monoisotopic (exact) mass is 625 g/mol. The molecule has 3 aliphatic heterocycles. The van der Waals surface area contributed by atoms with Gasteiger partial charge in [0.25, 0.3) is 5.91 Å². The van der Waals surface area contributed by atoms with Crippen LogP contribution in [0.4, 0.5) is 0 Å². The third-order valence-corrected chi connectivity index (χ3v) is 10.1. The topological polar surface area (TPSA) is 154 Å². The van der Waals surface area contributed by atoms with Gasteiger partial charge in [0.05, 0.1) is 25.9 Å². The molecule has 0 radical (unpaired) electrons. The highest BCUT2D eigenvalue weighted by molar-refractivity contribution is 5.98. The molecule has 2 N–H and O–H groups in total. The van der Waals surface area contributed by atoms with Gasteiger partial charge >= 0.3 is 5.97 Å². The Bertz CT molecular complexity index is 1300. The molecule has 3 saturated heterocycles. The minimum atomic E-state index is -1.02. The fourth-order valence-corrected chi connectivity index (χ4v) is 7.90. The molecule has 0 aromatic carbocycles. The van der Waals surface area contributed by atoms with Crippen LogP contribution in [-0.2, 0) is 23.9 Å². The van der Waals surface area contributed by atoms with Gasteiger partial charge in [-0.05, 0) is 43.9 Å². The van der Waals surface area contributed by atoms with Gasteiger partial charge in [0.15, 0.2) is 0 Å². The fraction of sp³-hybridized carbons (Fsp3) is 0.719. The predicted octanol–water partition coefficient (Wildman–Crippen LogP) is 1.48. The maximum atomic E-state index is 14.6. The first-order valence-corrected chi connectivity index (χ1v) is 16.3. The van der Waals surface area contributed by atoms with Crippen molar-refractivity contribution in [2.24, 2.45) is 11.3 Å². The summed E-state index contributed by atoms with van der Waals surface area (Å²) in [5, 5.41) is 5.88. The zero-order valence-electron chi connectivity index (χ0n) is 27.1. The number of fused-ring (bicyclic) bond motifs is 2. The van der Waals surface area contributed by atoms with Gasteiger partial charge in [0.2, 0.25) is 17.7 Å². The number of carbonyl (C=O) groups is 5. The minimum absolute atomic E-state index is 0.0303.